The predicted molar refractivity (Wildman–Crippen MR) is 71.6 cm³/mol. The Morgan fingerprint density at radius 3 is 3.17 bits per heavy atom. The average Bonchev–Trinajstić information content (AvgIpc) is 2.93. The lowest BCUT2D eigenvalue weighted by Crippen LogP contribution is -2.21. The zero-order chi connectivity index (χ0) is 12.7. The van der Waals surface area contributed by atoms with Crippen molar-refractivity contribution in [1.29, 1.82) is 0 Å². The molecule has 0 aliphatic heterocycles. The molecule has 18 heavy (non-hydrogen) atoms. The lowest BCUT2D eigenvalue weighted by atomic mass is 10.4. The van der Waals surface area contributed by atoms with E-state index in [1.807, 2.05) is 18.4 Å². The first-order valence-corrected chi connectivity index (χ1v) is 6.56. The van der Waals surface area contributed by atoms with Gasteiger partial charge in [0, 0.05) is 6.07 Å². The number of fused-ring (bicyclic) bond motifs is 1. The molecule has 0 unspecified atom stereocenters. The number of aromatic amines is 1. The molecule has 3 aromatic rings. The fourth-order valence-electron chi connectivity index (χ4n) is 1.76. The maximum atomic E-state index is 12.2. The van der Waals surface area contributed by atoms with Gasteiger partial charge in [0.05, 0.1) is 17.8 Å². The summed E-state index contributed by atoms with van der Waals surface area (Å²) >= 11 is 6.58. The molecular formula is C11H9N3O2S2. The first-order chi connectivity index (χ1) is 8.65. The number of H-pyrrole nitrogens is 1. The largest absolute Gasteiger partial charge is 0.359 e. The van der Waals surface area contributed by atoms with Gasteiger partial charge in [-0.05, 0) is 30.6 Å². The quantitative estimate of drug-likeness (QED) is 0.732. The van der Waals surface area contributed by atoms with Gasteiger partial charge in [-0.2, -0.15) is 0 Å². The van der Waals surface area contributed by atoms with Crippen molar-refractivity contribution in [1.82, 2.24) is 14.7 Å². The molecule has 7 heteroatoms. The van der Waals surface area contributed by atoms with Crippen molar-refractivity contribution in [3.8, 4) is 0 Å². The molecule has 0 atom stereocenters. The molecule has 0 aliphatic carbocycles. The summed E-state index contributed by atoms with van der Waals surface area (Å²) in [6.45, 7) is 2.13. The van der Waals surface area contributed by atoms with Crippen molar-refractivity contribution < 1.29 is 4.52 Å². The molecule has 0 amide bonds. The summed E-state index contributed by atoms with van der Waals surface area (Å²) in [6.07, 6.45) is 0. The number of thiophene rings is 1. The standard InChI is InChI=1S/C11H9N3O2S2/c1-6-4-7(16-13-6)5-14-10(15)9-8(2-3-18-9)12-11(14)17/h2-4H,5H2,1H3,(H,12,17). The van der Waals surface area contributed by atoms with Crippen LogP contribution in [0.4, 0.5) is 0 Å². The van der Waals surface area contributed by atoms with E-state index >= 15 is 0 Å². The maximum Gasteiger partial charge on any atom is 0.272 e. The SMILES string of the molecule is Cc1cc(Cn2c(=S)[nH]c3ccsc3c2=O)on1. The molecule has 0 fully saturated rings. The van der Waals surface area contributed by atoms with Crippen LogP contribution in [-0.2, 0) is 6.54 Å². The summed E-state index contributed by atoms with van der Waals surface area (Å²) < 4.78 is 7.64. The van der Waals surface area contributed by atoms with Crippen molar-refractivity contribution in [3.05, 3.63) is 44.1 Å². The zero-order valence-corrected chi connectivity index (χ0v) is 11.1. The highest BCUT2D eigenvalue weighted by Gasteiger charge is 2.09. The van der Waals surface area contributed by atoms with Crippen molar-refractivity contribution in [3.63, 3.8) is 0 Å². The number of hydrogen-bond acceptors (Lipinski definition) is 5. The third-order valence-corrected chi connectivity index (χ3v) is 3.81. The molecule has 92 valence electrons. The van der Waals surface area contributed by atoms with Crippen LogP contribution in [0.3, 0.4) is 0 Å². The normalized spacial score (nSPS) is 11.2. The van der Waals surface area contributed by atoms with Crippen LogP contribution >= 0.6 is 23.6 Å². The first kappa shape index (κ1) is 11.4. The van der Waals surface area contributed by atoms with Crippen LogP contribution in [0, 0.1) is 11.7 Å². The topological polar surface area (TPSA) is 63.8 Å². The Labute approximate surface area is 111 Å². The van der Waals surface area contributed by atoms with Gasteiger partial charge in [-0.15, -0.1) is 11.3 Å². The molecule has 3 heterocycles. The molecule has 1 N–H and O–H groups in total. The molecule has 0 saturated carbocycles. The molecule has 3 aromatic heterocycles. The third-order valence-electron chi connectivity index (χ3n) is 2.58. The minimum absolute atomic E-state index is 0.0993. The lowest BCUT2D eigenvalue weighted by molar-refractivity contribution is 0.371. The van der Waals surface area contributed by atoms with Crippen LogP contribution in [0.2, 0.25) is 0 Å². The van der Waals surface area contributed by atoms with E-state index in [4.69, 9.17) is 16.7 Å². The van der Waals surface area contributed by atoms with Crippen molar-refractivity contribution in [2.45, 2.75) is 13.5 Å². The minimum Gasteiger partial charge on any atom is -0.359 e. The van der Waals surface area contributed by atoms with Crippen LogP contribution < -0.4 is 5.56 Å². The van der Waals surface area contributed by atoms with Crippen molar-refractivity contribution in [2.75, 3.05) is 0 Å². The Morgan fingerprint density at radius 2 is 2.44 bits per heavy atom. The van der Waals surface area contributed by atoms with Gasteiger partial charge in [0.1, 0.15) is 4.70 Å². The number of nitrogens with zero attached hydrogens (tertiary/aromatic N) is 2. The third kappa shape index (κ3) is 1.81. The molecule has 0 spiro atoms. The number of rotatable bonds is 2. The van der Waals surface area contributed by atoms with Gasteiger partial charge >= 0.3 is 0 Å². The van der Waals surface area contributed by atoms with Crippen LogP contribution in [0.5, 0.6) is 0 Å². The number of nitrogens with one attached hydrogen (secondary N) is 1. The van der Waals surface area contributed by atoms with Gasteiger partial charge in [-0.3, -0.25) is 9.36 Å². The summed E-state index contributed by atoms with van der Waals surface area (Å²) in [5.74, 6) is 0.616. The summed E-state index contributed by atoms with van der Waals surface area (Å²) in [5, 5.41) is 5.65. The second-order valence-electron chi connectivity index (χ2n) is 3.92. The Morgan fingerprint density at radius 1 is 1.61 bits per heavy atom. The smallest absolute Gasteiger partial charge is 0.272 e. The first-order valence-electron chi connectivity index (χ1n) is 5.27. The van der Waals surface area contributed by atoms with Gasteiger partial charge in [0.2, 0.25) is 0 Å². The van der Waals surface area contributed by atoms with E-state index < -0.39 is 0 Å². The van der Waals surface area contributed by atoms with E-state index in [9.17, 15) is 4.79 Å². The minimum atomic E-state index is -0.0993. The van der Waals surface area contributed by atoms with Crippen LogP contribution in [0.15, 0.2) is 26.8 Å². The average molecular weight is 279 g/mol. The second kappa shape index (κ2) is 4.18. The monoisotopic (exact) mass is 279 g/mol. The van der Waals surface area contributed by atoms with Gasteiger partial charge in [-0.25, -0.2) is 0 Å². The van der Waals surface area contributed by atoms with Gasteiger partial charge < -0.3 is 9.51 Å². The fraction of sp³-hybridized carbons (Fsp3) is 0.182. The molecule has 5 nitrogen and oxygen atoms in total. The second-order valence-corrected chi connectivity index (χ2v) is 5.22. The van der Waals surface area contributed by atoms with Crippen molar-refractivity contribution in [2.24, 2.45) is 0 Å². The van der Waals surface area contributed by atoms with Crippen LogP contribution in [0.25, 0.3) is 10.2 Å². The summed E-state index contributed by atoms with van der Waals surface area (Å²) in [5.41, 5.74) is 1.46. The lowest BCUT2D eigenvalue weighted by Gasteiger charge is -2.03. The molecule has 0 aromatic carbocycles. The molecule has 0 bridgehead atoms. The van der Waals surface area contributed by atoms with Gasteiger partial charge in [0.25, 0.3) is 5.56 Å². The van der Waals surface area contributed by atoms with E-state index in [0.717, 1.165) is 11.2 Å². The Hall–Kier alpha value is -1.73. The van der Waals surface area contributed by atoms with Gasteiger partial charge in [-0.1, -0.05) is 5.16 Å². The maximum absolute atomic E-state index is 12.2. The fourth-order valence-corrected chi connectivity index (χ4v) is 2.82. The molecule has 0 aliphatic rings. The highest BCUT2D eigenvalue weighted by Crippen LogP contribution is 2.14. The van der Waals surface area contributed by atoms with E-state index in [2.05, 4.69) is 10.1 Å². The summed E-state index contributed by atoms with van der Waals surface area (Å²) in [4.78, 5) is 15.3. The molecule has 3 rings (SSSR count). The van der Waals surface area contributed by atoms with E-state index in [1.165, 1.54) is 15.9 Å². The van der Waals surface area contributed by atoms with E-state index in [0.29, 0.717) is 21.8 Å². The number of aryl methyl sites for hydroxylation is 1. The molecule has 0 radical (unpaired) electrons. The van der Waals surface area contributed by atoms with Crippen molar-refractivity contribution >= 4 is 33.8 Å². The van der Waals surface area contributed by atoms with E-state index in [1.54, 1.807) is 6.07 Å². The predicted octanol–water partition coefficient (Wildman–Crippen LogP) is 2.47. The van der Waals surface area contributed by atoms with E-state index in [-0.39, 0.29) is 5.56 Å². The Balaban J connectivity index is 2.17. The summed E-state index contributed by atoms with van der Waals surface area (Å²) in [7, 11) is 0. The molecular weight excluding hydrogens is 270 g/mol. The molecule has 0 saturated heterocycles. The number of aromatic nitrogens is 3. The zero-order valence-electron chi connectivity index (χ0n) is 9.47. The van der Waals surface area contributed by atoms with Gasteiger partial charge in [0.15, 0.2) is 10.5 Å². The Bertz CT molecular complexity index is 825. The van der Waals surface area contributed by atoms with Crippen LogP contribution in [-0.4, -0.2) is 14.7 Å². The number of hydrogen-bond donors (Lipinski definition) is 1. The highest BCUT2D eigenvalue weighted by molar-refractivity contribution is 7.71. The highest BCUT2D eigenvalue weighted by atomic mass is 32.1. The Kier molecular flexibility index (Phi) is 2.64. The van der Waals surface area contributed by atoms with Crippen LogP contribution in [0.1, 0.15) is 11.5 Å². The summed E-state index contributed by atoms with van der Waals surface area (Å²) in [6, 6.07) is 3.64.